The van der Waals surface area contributed by atoms with Gasteiger partial charge in [-0.1, -0.05) is 18.6 Å². The number of sulfonamides is 1. The van der Waals surface area contributed by atoms with E-state index >= 15 is 0 Å². The second kappa shape index (κ2) is 9.00. The number of carbonyl (C=O) groups is 1. The van der Waals surface area contributed by atoms with Gasteiger partial charge in [-0.15, -0.1) is 0 Å². The molecule has 3 aromatic rings. The SMILES string of the molecule is Cc1cc(C)n(Cc2cccc(C(=O)N3CCc4cc(S(=O)(=O)N5CCCCC5)ccc43)c2)n1. The first-order valence-electron chi connectivity index (χ1n) is 11.9. The summed E-state index contributed by atoms with van der Waals surface area (Å²) in [6.07, 6.45) is 3.54. The van der Waals surface area contributed by atoms with Crippen molar-refractivity contribution in [2.45, 2.75) is 51.0 Å². The van der Waals surface area contributed by atoms with E-state index in [4.69, 9.17) is 0 Å². The minimum atomic E-state index is -3.49. The van der Waals surface area contributed by atoms with Gasteiger partial charge < -0.3 is 4.90 Å². The van der Waals surface area contributed by atoms with Crippen molar-refractivity contribution in [2.24, 2.45) is 0 Å². The Hall–Kier alpha value is -2.97. The molecule has 7 nitrogen and oxygen atoms in total. The van der Waals surface area contributed by atoms with Gasteiger partial charge in [-0.25, -0.2) is 8.42 Å². The van der Waals surface area contributed by atoms with E-state index in [2.05, 4.69) is 5.10 Å². The zero-order valence-electron chi connectivity index (χ0n) is 19.7. The summed E-state index contributed by atoms with van der Waals surface area (Å²) in [7, 11) is -3.49. The third kappa shape index (κ3) is 4.28. The molecule has 0 unspecified atom stereocenters. The van der Waals surface area contributed by atoms with Gasteiger partial charge in [-0.2, -0.15) is 9.40 Å². The molecular weight excluding hydrogens is 448 g/mol. The van der Waals surface area contributed by atoms with E-state index in [1.54, 1.807) is 27.4 Å². The third-order valence-corrected chi connectivity index (χ3v) is 8.65. The highest BCUT2D eigenvalue weighted by molar-refractivity contribution is 7.89. The minimum absolute atomic E-state index is 0.0689. The van der Waals surface area contributed by atoms with Crippen LogP contribution in [0.3, 0.4) is 0 Å². The second-order valence-electron chi connectivity index (χ2n) is 9.25. The van der Waals surface area contributed by atoms with Crippen molar-refractivity contribution >= 4 is 21.6 Å². The Morgan fingerprint density at radius 1 is 0.971 bits per heavy atom. The van der Waals surface area contributed by atoms with E-state index < -0.39 is 10.0 Å². The zero-order valence-corrected chi connectivity index (χ0v) is 20.5. The van der Waals surface area contributed by atoms with Crippen molar-refractivity contribution in [3.8, 4) is 0 Å². The molecule has 0 atom stereocenters. The normalized spacial score (nSPS) is 16.6. The molecule has 0 radical (unpaired) electrons. The number of aromatic nitrogens is 2. The van der Waals surface area contributed by atoms with Crippen LogP contribution in [-0.4, -0.2) is 48.0 Å². The van der Waals surface area contributed by atoms with Crippen molar-refractivity contribution in [1.82, 2.24) is 14.1 Å². The number of carbonyl (C=O) groups excluding carboxylic acids is 1. The summed E-state index contributed by atoms with van der Waals surface area (Å²) in [4.78, 5) is 15.5. The van der Waals surface area contributed by atoms with Crippen LogP contribution < -0.4 is 4.90 Å². The number of fused-ring (bicyclic) bond motifs is 1. The Balaban J connectivity index is 1.36. The third-order valence-electron chi connectivity index (χ3n) is 6.75. The maximum Gasteiger partial charge on any atom is 0.258 e. The molecular formula is C26H30N4O3S. The highest BCUT2D eigenvalue weighted by atomic mass is 32.2. The summed E-state index contributed by atoms with van der Waals surface area (Å²) < 4.78 is 29.7. The standard InChI is InChI=1S/C26H30N4O3S/c1-19-15-20(2)30(27-19)18-21-7-6-8-23(16-21)26(31)29-14-11-22-17-24(9-10-25(22)29)34(32,33)28-12-4-3-5-13-28/h6-10,15-17H,3-5,11-14,18H2,1-2H3. The Labute approximate surface area is 201 Å². The fourth-order valence-electron chi connectivity index (χ4n) is 4.97. The molecule has 0 spiro atoms. The summed E-state index contributed by atoms with van der Waals surface area (Å²) in [6, 6.07) is 14.9. The summed E-state index contributed by atoms with van der Waals surface area (Å²) in [5, 5.41) is 4.52. The summed E-state index contributed by atoms with van der Waals surface area (Å²) in [5.41, 5.74) is 5.39. The molecule has 2 aliphatic rings. The number of hydrogen-bond donors (Lipinski definition) is 0. The number of hydrogen-bond acceptors (Lipinski definition) is 4. The molecule has 0 saturated carbocycles. The number of nitrogens with zero attached hydrogens (tertiary/aromatic N) is 4. The second-order valence-corrected chi connectivity index (χ2v) is 11.2. The highest BCUT2D eigenvalue weighted by Crippen LogP contribution is 2.33. The smallest absolute Gasteiger partial charge is 0.258 e. The Kier molecular flexibility index (Phi) is 6.04. The van der Waals surface area contributed by atoms with E-state index in [0.29, 0.717) is 43.1 Å². The molecule has 1 amide bonds. The molecule has 3 heterocycles. The topological polar surface area (TPSA) is 75.5 Å². The van der Waals surface area contributed by atoms with Crippen LogP contribution in [-0.2, 0) is 23.0 Å². The molecule has 1 aromatic heterocycles. The molecule has 178 valence electrons. The fraction of sp³-hybridized carbons (Fsp3) is 0.385. The maximum absolute atomic E-state index is 13.4. The van der Waals surface area contributed by atoms with Gasteiger partial charge in [0.2, 0.25) is 10.0 Å². The molecule has 0 N–H and O–H groups in total. The van der Waals surface area contributed by atoms with Crippen LogP contribution in [0, 0.1) is 13.8 Å². The van der Waals surface area contributed by atoms with Crippen LogP contribution in [0.15, 0.2) is 53.4 Å². The first-order chi connectivity index (χ1) is 16.3. The molecule has 34 heavy (non-hydrogen) atoms. The van der Waals surface area contributed by atoms with Gasteiger partial charge in [0, 0.05) is 36.6 Å². The lowest BCUT2D eigenvalue weighted by Gasteiger charge is -2.26. The van der Waals surface area contributed by atoms with E-state index in [1.807, 2.05) is 48.9 Å². The molecule has 2 aromatic carbocycles. The first-order valence-corrected chi connectivity index (χ1v) is 13.3. The van der Waals surface area contributed by atoms with Gasteiger partial charge in [0.1, 0.15) is 0 Å². The monoisotopic (exact) mass is 478 g/mol. The largest absolute Gasteiger partial charge is 0.308 e. The van der Waals surface area contributed by atoms with Gasteiger partial charge in [0.15, 0.2) is 0 Å². The van der Waals surface area contributed by atoms with Crippen LogP contribution in [0.25, 0.3) is 0 Å². The van der Waals surface area contributed by atoms with Gasteiger partial charge >= 0.3 is 0 Å². The number of piperidine rings is 1. The number of amides is 1. The summed E-state index contributed by atoms with van der Waals surface area (Å²) >= 11 is 0. The highest BCUT2D eigenvalue weighted by Gasteiger charge is 2.30. The van der Waals surface area contributed by atoms with Crippen molar-refractivity contribution < 1.29 is 13.2 Å². The Bertz CT molecular complexity index is 1340. The predicted molar refractivity (Wildman–Crippen MR) is 132 cm³/mol. The van der Waals surface area contributed by atoms with Gasteiger partial charge in [-0.05, 0) is 80.6 Å². The Morgan fingerprint density at radius 2 is 1.76 bits per heavy atom. The molecule has 1 saturated heterocycles. The van der Waals surface area contributed by atoms with Crippen LogP contribution >= 0.6 is 0 Å². The van der Waals surface area contributed by atoms with Crippen LogP contribution in [0.5, 0.6) is 0 Å². The van der Waals surface area contributed by atoms with Gasteiger partial charge in [-0.3, -0.25) is 9.48 Å². The minimum Gasteiger partial charge on any atom is -0.308 e. The van der Waals surface area contributed by atoms with Crippen molar-refractivity contribution in [1.29, 1.82) is 0 Å². The first kappa shape index (κ1) is 22.8. The van der Waals surface area contributed by atoms with Crippen LogP contribution in [0.2, 0.25) is 0 Å². The predicted octanol–water partition coefficient (Wildman–Crippen LogP) is 3.93. The van der Waals surface area contributed by atoms with Crippen molar-refractivity contribution in [3.05, 3.63) is 76.6 Å². The molecule has 5 rings (SSSR count). The fourth-order valence-corrected chi connectivity index (χ4v) is 6.54. The Morgan fingerprint density at radius 3 is 2.50 bits per heavy atom. The van der Waals surface area contributed by atoms with Gasteiger partial charge in [0.25, 0.3) is 5.91 Å². The lowest BCUT2D eigenvalue weighted by atomic mass is 10.1. The van der Waals surface area contributed by atoms with Crippen molar-refractivity contribution in [2.75, 3.05) is 24.5 Å². The average Bonchev–Trinajstić information content (AvgIpc) is 3.41. The molecule has 0 bridgehead atoms. The van der Waals surface area contributed by atoms with E-state index in [0.717, 1.165) is 47.5 Å². The lowest BCUT2D eigenvalue weighted by molar-refractivity contribution is 0.0989. The van der Waals surface area contributed by atoms with Crippen LogP contribution in [0.4, 0.5) is 5.69 Å². The molecule has 8 heteroatoms. The average molecular weight is 479 g/mol. The summed E-state index contributed by atoms with van der Waals surface area (Å²) in [5.74, 6) is -0.0689. The quantitative estimate of drug-likeness (QED) is 0.557. The molecule has 0 aliphatic carbocycles. The lowest BCUT2D eigenvalue weighted by Crippen LogP contribution is -2.35. The van der Waals surface area contributed by atoms with Gasteiger partial charge in [0.05, 0.1) is 17.1 Å². The number of anilines is 1. The van der Waals surface area contributed by atoms with E-state index in [1.165, 1.54) is 0 Å². The maximum atomic E-state index is 13.4. The van der Waals surface area contributed by atoms with Crippen molar-refractivity contribution in [3.63, 3.8) is 0 Å². The number of aryl methyl sites for hydroxylation is 2. The van der Waals surface area contributed by atoms with Crippen LogP contribution in [0.1, 0.15) is 52.1 Å². The number of benzene rings is 2. The molecule has 1 fully saturated rings. The summed E-state index contributed by atoms with van der Waals surface area (Å²) in [6.45, 7) is 6.31. The van der Waals surface area contributed by atoms with E-state index in [-0.39, 0.29) is 5.91 Å². The zero-order chi connectivity index (χ0) is 23.9. The van der Waals surface area contributed by atoms with E-state index in [9.17, 15) is 13.2 Å². The number of rotatable bonds is 5. The molecule has 2 aliphatic heterocycles.